The smallest absolute Gasteiger partial charge is 0.241 e. The number of amides is 1. The summed E-state index contributed by atoms with van der Waals surface area (Å²) in [6.07, 6.45) is 2.75. The number of aromatic nitrogens is 3. The summed E-state index contributed by atoms with van der Waals surface area (Å²) in [6, 6.07) is 7.92. The largest absolute Gasteiger partial charge is 0.359 e. The van der Waals surface area contributed by atoms with E-state index in [2.05, 4.69) is 20.9 Å². The molecular weight excluding hydrogens is 400 g/mol. The average Bonchev–Trinajstić information content (AvgIpc) is 2.74. The van der Waals surface area contributed by atoms with Crippen molar-refractivity contribution >= 4 is 39.9 Å². The molecule has 1 fully saturated rings. The number of likely N-dealkylation sites (N-methyl/N-ethyl adjacent to an activating group) is 1. The highest BCUT2D eigenvalue weighted by Crippen LogP contribution is 2.31. The molecule has 0 spiro atoms. The van der Waals surface area contributed by atoms with Gasteiger partial charge in [0, 0.05) is 55.8 Å². The summed E-state index contributed by atoms with van der Waals surface area (Å²) < 4.78 is 0. The second-order valence-electron chi connectivity index (χ2n) is 7.96. The zero-order valence-electron chi connectivity index (χ0n) is 17.1. The minimum atomic E-state index is 0.139. The molecular formula is C22H23ClN6O. The van der Waals surface area contributed by atoms with Crippen LogP contribution < -0.4 is 9.80 Å². The van der Waals surface area contributed by atoms with Gasteiger partial charge in [-0.2, -0.15) is 0 Å². The molecule has 0 atom stereocenters. The van der Waals surface area contributed by atoms with Crippen LogP contribution in [0.4, 0.5) is 11.5 Å². The lowest BCUT2D eigenvalue weighted by Crippen LogP contribution is -2.48. The first-order valence-corrected chi connectivity index (χ1v) is 10.5. The van der Waals surface area contributed by atoms with Gasteiger partial charge in [0.25, 0.3) is 0 Å². The standard InChI is InChI=1S/C22H23ClN6O/c1-14-25-20-4-3-16(23)10-18(20)22(26-14)29-6-5-19-15(12-29)9-17(11-24-19)28-8-7-27(2)21(30)13-28/h3-4,9-11H,5-8,12-13H2,1-2H3. The monoisotopic (exact) mass is 422 g/mol. The fourth-order valence-electron chi connectivity index (χ4n) is 4.18. The second kappa shape index (κ2) is 7.40. The Labute approximate surface area is 180 Å². The van der Waals surface area contributed by atoms with E-state index < -0.39 is 0 Å². The van der Waals surface area contributed by atoms with Crippen molar-refractivity contribution in [3.8, 4) is 0 Å². The van der Waals surface area contributed by atoms with E-state index in [1.165, 1.54) is 5.56 Å². The van der Waals surface area contributed by atoms with E-state index in [0.29, 0.717) is 11.6 Å². The van der Waals surface area contributed by atoms with Crippen molar-refractivity contribution in [1.82, 2.24) is 19.9 Å². The zero-order valence-corrected chi connectivity index (χ0v) is 17.9. The molecule has 3 aromatic rings. The van der Waals surface area contributed by atoms with Gasteiger partial charge in [-0.1, -0.05) is 11.6 Å². The summed E-state index contributed by atoms with van der Waals surface area (Å²) >= 11 is 6.26. The number of aryl methyl sites for hydroxylation is 1. The number of benzene rings is 1. The molecule has 1 aromatic carbocycles. The van der Waals surface area contributed by atoms with Crippen LogP contribution in [-0.2, 0) is 17.8 Å². The van der Waals surface area contributed by atoms with Crippen LogP contribution in [0.5, 0.6) is 0 Å². The topological polar surface area (TPSA) is 65.5 Å². The quantitative estimate of drug-likeness (QED) is 0.632. The van der Waals surface area contributed by atoms with Crippen LogP contribution in [-0.4, -0.2) is 59.0 Å². The molecule has 1 saturated heterocycles. The van der Waals surface area contributed by atoms with E-state index in [1.54, 1.807) is 4.90 Å². The van der Waals surface area contributed by atoms with Gasteiger partial charge < -0.3 is 14.7 Å². The van der Waals surface area contributed by atoms with E-state index >= 15 is 0 Å². The summed E-state index contributed by atoms with van der Waals surface area (Å²) in [5, 5.41) is 1.64. The Bertz CT molecular complexity index is 1150. The molecule has 2 aromatic heterocycles. The van der Waals surface area contributed by atoms with Gasteiger partial charge in [0.2, 0.25) is 5.91 Å². The Balaban J connectivity index is 1.47. The first-order valence-electron chi connectivity index (χ1n) is 10.1. The number of nitrogens with zero attached hydrogens (tertiary/aromatic N) is 6. The summed E-state index contributed by atoms with van der Waals surface area (Å²) in [6.45, 7) is 5.42. The predicted octanol–water partition coefficient (Wildman–Crippen LogP) is 2.83. The van der Waals surface area contributed by atoms with Crippen molar-refractivity contribution in [2.45, 2.75) is 19.9 Å². The Morgan fingerprint density at radius 2 is 1.90 bits per heavy atom. The van der Waals surface area contributed by atoms with Crippen LogP contribution in [0.25, 0.3) is 10.9 Å². The molecule has 30 heavy (non-hydrogen) atoms. The van der Waals surface area contributed by atoms with Crippen molar-refractivity contribution in [2.24, 2.45) is 0 Å². The number of anilines is 2. The maximum atomic E-state index is 12.1. The van der Waals surface area contributed by atoms with Crippen molar-refractivity contribution in [3.63, 3.8) is 0 Å². The van der Waals surface area contributed by atoms with Crippen molar-refractivity contribution in [1.29, 1.82) is 0 Å². The molecule has 4 heterocycles. The Morgan fingerprint density at radius 3 is 2.73 bits per heavy atom. The molecule has 7 nitrogen and oxygen atoms in total. The molecule has 0 radical (unpaired) electrons. The van der Waals surface area contributed by atoms with Gasteiger partial charge in [-0.3, -0.25) is 9.78 Å². The number of piperazine rings is 1. The van der Waals surface area contributed by atoms with Gasteiger partial charge in [0.1, 0.15) is 11.6 Å². The van der Waals surface area contributed by atoms with Crippen LogP contribution in [0.1, 0.15) is 17.1 Å². The number of carbonyl (C=O) groups excluding carboxylic acids is 1. The highest BCUT2D eigenvalue weighted by Gasteiger charge is 2.25. The van der Waals surface area contributed by atoms with Crippen LogP contribution in [0.3, 0.4) is 0 Å². The number of pyridine rings is 1. The third-order valence-corrected chi connectivity index (χ3v) is 6.13. The summed E-state index contributed by atoms with van der Waals surface area (Å²) in [5.74, 6) is 1.79. The Hall–Kier alpha value is -2.93. The molecule has 2 aliphatic heterocycles. The molecule has 0 N–H and O–H groups in total. The molecule has 5 rings (SSSR count). The van der Waals surface area contributed by atoms with Gasteiger partial charge in [0.05, 0.1) is 23.9 Å². The lowest BCUT2D eigenvalue weighted by Gasteiger charge is -2.35. The van der Waals surface area contributed by atoms with E-state index in [1.807, 2.05) is 38.4 Å². The lowest BCUT2D eigenvalue weighted by molar-refractivity contribution is -0.129. The summed E-state index contributed by atoms with van der Waals surface area (Å²) in [7, 11) is 1.85. The SMILES string of the molecule is Cc1nc(N2CCc3ncc(N4CCN(C)C(=O)C4)cc3C2)c2cc(Cl)ccc2n1. The molecule has 1 amide bonds. The second-order valence-corrected chi connectivity index (χ2v) is 8.40. The van der Waals surface area contributed by atoms with Crippen LogP contribution >= 0.6 is 11.6 Å². The number of fused-ring (bicyclic) bond motifs is 2. The maximum Gasteiger partial charge on any atom is 0.241 e. The molecule has 0 aliphatic carbocycles. The van der Waals surface area contributed by atoms with Gasteiger partial charge in [-0.25, -0.2) is 9.97 Å². The number of rotatable bonds is 2. The molecule has 154 valence electrons. The predicted molar refractivity (Wildman–Crippen MR) is 118 cm³/mol. The van der Waals surface area contributed by atoms with Crippen molar-refractivity contribution in [3.05, 3.63) is 52.6 Å². The maximum absolute atomic E-state index is 12.1. The lowest BCUT2D eigenvalue weighted by atomic mass is 10.0. The molecule has 8 heteroatoms. The van der Waals surface area contributed by atoms with Gasteiger partial charge in [-0.05, 0) is 36.8 Å². The number of carbonyl (C=O) groups is 1. The summed E-state index contributed by atoms with van der Waals surface area (Å²) in [4.78, 5) is 32.3. The number of hydrogen-bond acceptors (Lipinski definition) is 6. The molecule has 0 saturated carbocycles. The van der Waals surface area contributed by atoms with Crippen molar-refractivity contribution in [2.75, 3.05) is 43.0 Å². The highest BCUT2D eigenvalue weighted by molar-refractivity contribution is 6.31. The van der Waals surface area contributed by atoms with Crippen LogP contribution in [0.15, 0.2) is 30.5 Å². The zero-order chi connectivity index (χ0) is 20.8. The van der Waals surface area contributed by atoms with E-state index in [9.17, 15) is 4.79 Å². The molecule has 0 unspecified atom stereocenters. The van der Waals surface area contributed by atoms with E-state index in [0.717, 1.165) is 66.5 Å². The molecule has 2 aliphatic rings. The Kier molecular flexibility index (Phi) is 4.70. The van der Waals surface area contributed by atoms with Gasteiger partial charge in [-0.15, -0.1) is 0 Å². The minimum absolute atomic E-state index is 0.139. The van der Waals surface area contributed by atoms with E-state index in [-0.39, 0.29) is 5.91 Å². The third-order valence-electron chi connectivity index (χ3n) is 5.90. The number of hydrogen-bond donors (Lipinski definition) is 0. The first kappa shape index (κ1) is 19.1. The fraction of sp³-hybridized carbons (Fsp3) is 0.364. The van der Waals surface area contributed by atoms with E-state index in [4.69, 9.17) is 21.6 Å². The van der Waals surface area contributed by atoms with Gasteiger partial charge >= 0.3 is 0 Å². The third kappa shape index (κ3) is 3.43. The van der Waals surface area contributed by atoms with Crippen LogP contribution in [0.2, 0.25) is 5.02 Å². The summed E-state index contributed by atoms with van der Waals surface area (Å²) in [5.41, 5.74) is 4.19. The fourth-order valence-corrected chi connectivity index (χ4v) is 4.36. The Morgan fingerprint density at radius 1 is 1.03 bits per heavy atom. The van der Waals surface area contributed by atoms with Crippen LogP contribution in [0, 0.1) is 6.92 Å². The molecule has 0 bridgehead atoms. The van der Waals surface area contributed by atoms with Gasteiger partial charge in [0.15, 0.2) is 0 Å². The normalized spacial score (nSPS) is 16.9. The van der Waals surface area contributed by atoms with Crippen molar-refractivity contribution < 1.29 is 4.79 Å². The highest BCUT2D eigenvalue weighted by atomic mass is 35.5. The number of halogens is 1. The first-order chi connectivity index (χ1) is 14.5. The minimum Gasteiger partial charge on any atom is -0.359 e. The average molecular weight is 423 g/mol.